The number of halogens is 3. The molecule has 0 unspecified atom stereocenters. The van der Waals surface area contributed by atoms with E-state index < -0.39 is 0 Å². The molecule has 0 fully saturated rings. The van der Waals surface area contributed by atoms with E-state index in [1.807, 2.05) is 112 Å². The highest BCUT2D eigenvalue weighted by atomic mass is 79.9. The summed E-state index contributed by atoms with van der Waals surface area (Å²) in [5.41, 5.74) is 2.32. The summed E-state index contributed by atoms with van der Waals surface area (Å²) in [4.78, 5) is 49.4. The van der Waals surface area contributed by atoms with Crippen LogP contribution in [0.2, 0.25) is 0 Å². The SMILES string of the molecule is CC#N.CCCOc1ccc(-c2nsc(NC(=O)COc3ccc(Br)cc3)n2)cc1OC.CCCOc1ccc(-c2nsc(NC(=O)COc3ccc(Br)cc3)n2)cc1OC.CCCOc1ccc(-c2nsc(NC(=O)COc3ccc(Br)cc3)n2)cc1OC. The number of amides is 3. The molecule has 0 radical (unpaired) electrons. The minimum Gasteiger partial charge on any atom is -0.493 e. The zero-order valence-corrected chi connectivity index (χ0v) is 57.1. The summed E-state index contributed by atoms with van der Waals surface area (Å²) >= 11 is 13.4. The van der Waals surface area contributed by atoms with Crippen molar-refractivity contribution < 1.29 is 57.0 Å². The fourth-order valence-electron chi connectivity index (χ4n) is 7.09. The molecule has 9 aromatic rings. The molecule has 472 valence electrons. The monoisotopic (exact) mass is 1470 g/mol. The zero-order chi connectivity index (χ0) is 64.6. The lowest BCUT2D eigenvalue weighted by Crippen LogP contribution is -2.20. The Kier molecular flexibility index (Phi) is 30.0. The second kappa shape index (κ2) is 38.2. The van der Waals surface area contributed by atoms with Gasteiger partial charge in [-0.25, -0.2) is 0 Å². The predicted molar refractivity (Wildman–Crippen MR) is 359 cm³/mol. The number of benzene rings is 6. The van der Waals surface area contributed by atoms with E-state index in [0.29, 0.717) is 104 Å². The Bertz CT molecular complexity index is 3370. The fourth-order valence-corrected chi connectivity index (χ4v) is 9.70. The number of carbonyl (C=O) groups excluding carboxylic acids is 3. The minimum absolute atomic E-state index is 0.117. The third-order valence-corrected chi connectivity index (χ3v) is 14.7. The van der Waals surface area contributed by atoms with Crippen LogP contribution >= 0.6 is 82.4 Å². The summed E-state index contributed by atoms with van der Waals surface area (Å²) in [5.74, 6) is 6.25. The molecule has 9 rings (SSSR count). The molecule has 6 aromatic carbocycles. The number of ether oxygens (including phenoxy) is 9. The number of carbonyl (C=O) groups is 3. The maximum absolute atomic E-state index is 12.1. The van der Waals surface area contributed by atoms with Gasteiger partial charge in [-0.2, -0.15) is 33.3 Å². The number of nitrogens with zero attached hydrogens (tertiary/aromatic N) is 7. The topological polar surface area (TPSA) is 271 Å². The number of anilines is 3. The van der Waals surface area contributed by atoms with Gasteiger partial charge in [-0.1, -0.05) is 68.6 Å². The molecule has 0 saturated carbocycles. The first-order chi connectivity index (χ1) is 43.7. The number of rotatable bonds is 27. The van der Waals surface area contributed by atoms with Crippen LogP contribution in [-0.4, -0.2) is 107 Å². The van der Waals surface area contributed by atoms with Crippen LogP contribution in [0.5, 0.6) is 51.7 Å². The Morgan fingerprint density at radius 3 is 0.911 bits per heavy atom. The van der Waals surface area contributed by atoms with Gasteiger partial charge >= 0.3 is 0 Å². The van der Waals surface area contributed by atoms with Gasteiger partial charge in [-0.05, 0) is 147 Å². The van der Waals surface area contributed by atoms with Crippen molar-refractivity contribution in [3.8, 4) is 92.0 Å². The summed E-state index contributed by atoms with van der Waals surface area (Å²) in [5, 5.41) is 16.6. The quantitative estimate of drug-likeness (QED) is 0.0431. The number of nitrogens with one attached hydrogen (secondary N) is 3. The summed E-state index contributed by atoms with van der Waals surface area (Å²) in [6.45, 7) is 9.05. The van der Waals surface area contributed by atoms with Crippen molar-refractivity contribution in [3.05, 3.63) is 141 Å². The van der Waals surface area contributed by atoms with E-state index >= 15 is 0 Å². The van der Waals surface area contributed by atoms with Crippen molar-refractivity contribution in [3.63, 3.8) is 0 Å². The number of methoxy groups -OCH3 is 3. The van der Waals surface area contributed by atoms with Gasteiger partial charge in [0.15, 0.2) is 71.8 Å². The largest absolute Gasteiger partial charge is 0.493 e. The number of nitriles is 1. The highest BCUT2D eigenvalue weighted by Gasteiger charge is 2.17. The van der Waals surface area contributed by atoms with Crippen LogP contribution in [0.15, 0.2) is 141 Å². The molecule has 0 spiro atoms. The van der Waals surface area contributed by atoms with E-state index in [0.717, 1.165) is 84.0 Å². The molecular weight excluding hydrogens is 1410 g/mol. The number of aromatic nitrogens is 6. The van der Waals surface area contributed by atoms with E-state index in [9.17, 15) is 14.4 Å². The van der Waals surface area contributed by atoms with Crippen LogP contribution in [0.25, 0.3) is 34.2 Å². The third kappa shape index (κ3) is 23.5. The molecule has 0 atom stereocenters. The molecule has 0 bridgehead atoms. The van der Waals surface area contributed by atoms with Gasteiger partial charge in [0.2, 0.25) is 15.4 Å². The van der Waals surface area contributed by atoms with Gasteiger partial charge < -0.3 is 42.6 Å². The molecule has 0 aliphatic carbocycles. The first-order valence-corrected chi connectivity index (χ1v) is 32.2. The van der Waals surface area contributed by atoms with Crippen LogP contribution < -0.4 is 58.6 Å². The lowest BCUT2D eigenvalue weighted by Gasteiger charge is -2.10. The van der Waals surface area contributed by atoms with Gasteiger partial charge in [-0.3, -0.25) is 30.3 Å². The van der Waals surface area contributed by atoms with Crippen molar-refractivity contribution in [2.75, 3.05) is 76.9 Å². The Balaban J connectivity index is 0.000000210. The Labute approximate surface area is 558 Å². The summed E-state index contributed by atoms with van der Waals surface area (Å²) in [7, 11) is 4.76. The van der Waals surface area contributed by atoms with Crippen LogP contribution in [0.3, 0.4) is 0 Å². The van der Waals surface area contributed by atoms with Crippen LogP contribution in [0.1, 0.15) is 47.0 Å². The molecule has 3 N–H and O–H groups in total. The maximum Gasteiger partial charge on any atom is 0.264 e. The van der Waals surface area contributed by atoms with E-state index in [1.165, 1.54) is 6.92 Å². The van der Waals surface area contributed by atoms with Crippen LogP contribution in [0.4, 0.5) is 15.4 Å². The fraction of sp³-hybridized carbons (Fsp3) is 0.258. The second-order valence-corrected chi connectivity index (χ2v) is 23.0. The van der Waals surface area contributed by atoms with E-state index in [2.05, 4.69) is 91.8 Å². The van der Waals surface area contributed by atoms with Crippen LogP contribution in [-0.2, 0) is 14.4 Å². The summed E-state index contributed by atoms with van der Waals surface area (Å²) in [6.07, 6.45) is 2.73. The normalized spacial score (nSPS) is 10.2. The predicted octanol–water partition coefficient (Wildman–Crippen LogP) is 14.9. The van der Waals surface area contributed by atoms with Crippen molar-refractivity contribution >= 4 is 116 Å². The maximum atomic E-state index is 12.1. The van der Waals surface area contributed by atoms with Gasteiger partial charge in [0, 0.05) is 71.6 Å². The smallest absolute Gasteiger partial charge is 0.264 e. The van der Waals surface area contributed by atoms with E-state index in [1.54, 1.807) is 63.8 Å². The Morgan fingerprint density at radius 1 is 0.422 bits per heavy atom. The van der Waals surface area contributed by atoms with Crippen molar-refractivity contribution in [1.29, 1.82) is 5.26 Å². The Morgan fingerprint density at radius 2 is 0.678 bits per heavy atom. The number of hydrogen-bond acceptors (Lipinski definition) is 22. The van der Waals surface area contributed by atoms with Crippen LogP contribution in [0, 0.1) is 11.3 Å². The lowest BCUT2D eigenvalue weighted by molar-refractivity contribution is -0.118. The highest BCUT2D eigenvalue weighted by molar-refractivity contribution is 9.11. The molecule has 3 heterocycles. The first kappa shape index (κ1) is 70.6. The summed E-state index contributed by atoms with van der Waals surface area (Å²) in [6, 6.07) is 40.0. The van der Waals surface area contributed by atoms with Gasteiger partial charge in [0.05, 0.1) is 47.2 Å². The molecule has 90 heavy (non-hydrogen) atoms. The Hall–Kier alpha value is -8.46. The molecule has 22 nitrogen and oxygen atoms in total. The standard InChI is InChI=1S/3C20H20BrN3O4S.C2H3N/c3*1-3-10-27-16-9-4-13(11-17(16)26-2)19-23-20(29-24-19)22-18(25)12-28-15-7-5-14(21)6-8-15;1-2-3/h3*4-9,11H,3,10,12H2,1-2H3,(H,22,23,24,25);1H3. The third-order valence-electron chi connectivity index (χ3n) is 11.2. The molecule has 0 saturated heterocycles. The van der Waals surface area contributed by atoms with Crippen molar-refractivity contribution in [1.82, 2.24) is 28.1 Å². The average Bonchev–Trinajstić information content (AvgIpc) is 2.01. The van der Waals surface area contributed by atoms with E-state index in [4.69, 9.17) is 47.9 Å². The van der Waals surface area contributed by atoms with Gasteiger partial charge in [0.25, 0.3) is 17.7 Å². The molecule has 3 aromatic heterocycles. The molecular formula is C62H63Br3N10O12S3. The molecule has 0 aliphatic heterocycles. The molecule has 3 amide bonds. The lowest BCUT2D eigenvalue weighted by atomic mass is 10.2. The minimum atomic E-state index is -0.309. The highest BCUT2D eigenvalue weighted by Crippen LogP contribution is 2.36. The number of hydrogen-bond donors (Lipinski definition) is 3. The molecule has 0 aliphatic rings. The molecule has 28 heteroatoms. The van der Waals surface area contributed by atoms with Crippen molar-refractivity contribution in [2.24, 2.45) is 0 Å². The van der Waals surface area contributed by atoms with E-state index in [-0.39, 0.29) is 37.5 Å². The zero-order valence-electron chi connectivity index (χ0n) is 49.9. The first-order valence-electron chi connectivity index (χ1n) is 27.5. The second-order valence-electron chi connectivity index (χ2n) is 18.0. The van der Waals surface area contributed by atoms with Crippen molar-refractivity contribution in [2.45, 2.75) is 47.0 Å². The van der Waals surface area contributed by atoms with Gasteiger partial charge in [-0.15, -0.1) is 0 Å². The summed E-state index contributed by atoms with van der Waals surface area (Å²) < 4.78 is 65.3. The van der Waals surface area contributed by atoms with Gasteiger partial charge in [0.1, 0.15) is 17.2 Å². The average molecular weight is 1480 g/mol.